The Kier molecular flexibility index (Phi) is 10.8. The van der Waals surface area contributed by atoms with Crippen molar-refractivity contribution in [3.8, 4) is 72.7 Å². The Morgan fingerprint density at radius 2 is 0.681 bits per heavy atom. The van der Waals surface area contributed by atoms with Crippen molar-refractivity contribution in [2.45, 2.75) is 0 Å². The minimum Gasteiger partial charge on any atom is -0.310 e. The lowest BCUT2D eigenvalue weighted by Gasteiger charge is -2.26. The molecule has 0 aliphatic rings. The average molecular weight is 919 g/mol. The molecule has 338 valence electrons. The van der Waals surface area contributed by atoms with Gasteiger partial charge in [0.05, 0.1) is 33.5 Å². The summed E-state index contributed by atoms with van der Waals surface area (Å²) >= 11 is 0. The number of para-hydroxylation sites is 3. The maximum Gasteiger partial charge on any atom is 0.0979 e. The van der Waals surface area contributed by atoms with Crippen molar-refractivity contribution in [2.24, 2.45) is 0 Å². The monoisotopic (exact) mass is 918 g/mol. The van der Waals surface area contributed by atoms with E-state index in [2.05, 4.69) is 289 Å². The van der Waals surface area contributed by atoms with E-state index in [1.54, 1.807) is 0 Å². The van der Waals surface area contributed by atoms with Crippen LogP contribution in [0.1, 0.15) is 0 Å². The van der Waals surface area contributed by atoms with E-state index >= 15 is 0 Å². The van der Waals surface area contributed by atoms with Crippen molar-refractivity contribution in [1.29, 1.82) is 0 Å². The van der Waals surface area contributed by atoms with Crippen LogP contribution in [0.4, 0.5) is 17.1 Å². The smallest absolute Gasteiger partial charge is 0.0979 e. The number of rotatable bonds is 10. The van der Waals surface area contributed by atoms with Crippen LogP contribution >= 0.6 is 0 Å². The first-order valence-corrected chi connectivity index (χ1v) is 24.5. The predicted molar refractivity (Wildman–Crippen MR) is 301 cm³/mol. The Labute approximate surface area is 419 Å². The van der Waals surface area contributed by atoms with Gasteiger partial charge >= 0.3 is 0 Å². The highest BCUT2D eigenvalue weighted by atomic mass is 15.1. The first-order valence-electron chi connectivity index (χ1n) is 24.5. The maximum atomic E-state index is 5.77. The van der Waals surface area contributed by atoms with Crippen molar-refractivity contribution >= 4 is 49.9 Å². The van der Waals surface area contributed by atoms with E-state index in [4.69, 9.17) is 9.97 Å². The van der Waals surface area contributed by atoms with Gasteiger partial charge in [-0.3, -0.25) is 0 Å². The van der Waals surface area contributed by atoms with Crippen molar-refractivity contribution in [1.82, 2.24) is 14.5 Å². The van der Waals surface area contributed by atoms with E-state index in [1.165, 1.54) is 27.4 Å². The molecule has 0 fully saturated rings. The van der Waals surface area contributed by atoms with E-state index in [0.29, 0.717) is 0 Å². The third-order valence-electron chi connectivity index (χ3n) is 13.8. The van der Waals surface area contributed by atoms with E-state index < -0.39 is 0 Å². The summed E-state index contributed by atoms with van der Waals surface area (Å²) in [6.45, 7) is 0. The summed E-state index contributed by atoms with van der Waals surface area (Å²) in [5.41, 5.74) is 20.8. The second-order valence-corrected chi connectivity index (χ2v) is 18.1. The average Bonchev–Trinajstić information content (AvgIpc) is 3.80. The summed E-state index contributed by atoms with van der Waals surface area (Å²) in [6.07, 6.45) is 0. The van der Waals surface area contributed by atoms with Crippen molar-refractivity contribution in [3.05, 3.63) is 279 Å². The molecule has 11 aromatic carbocycles. The lowest BCUT2D eigenvalue weighted by atomic mass is 9.93. The molecule has 0 aliphatic carbocycles. The van der Waals surface area contributed by atoms with Gasteiger partial charge in [-0.15, -0.1) is 0 Å². The number of anilines is 3. The fraction of sp³-hybridized carbons (Fsp3) is 0. The number of aromatic nitrogens is 3. The Balaban J connectivity index is 0.990. The summed E-state index contributed by atoms with van der Waals surface area (Å²) in [7, 11) is 0. The molecule has 0 N–H and O–H groups in total. The van der Waals surface area contributed by atoms with Crippen LogP contribution in [0.25, 0.3) is 106 Å². The number of fused-ring (bicyclic) bond motifs is 4. The molecule has 0 amide bonds. The predicted octanol–water partition coefficient (Wildman–Crippen LogP) is 18.2. The molecular weight excluding hydrogens is 873 g/mol. The summed E-state index contributed by atoms with van der Waals surface area (Å²) in [6, 6.07) is 99.3. The Hall–Kier alpha value is -9.64. The zero-order valence-electron chi connectivity index (χ0n) is 39.3. The lowest BCUT2D eigenvalue weighted by molar-refractivity contribution is 1.18. The molecule has 0 aliphatic heterocycles. The van der Waals surface area contributed by atoms with Gasteiger partial charge in [0.25, 0.3) is 0 Å². The highest BCUT2D eigenvalue weighted by Crippen LogP contribution is 2.43. The number of benzene rings is 11. The quantitative estimate of drug-likeness (QED) is 0.137. The third kappa shape index (κ3) is 7.78. The van der Waals surface area contributed by atoms with Gasteiger partial charge in [-0.25, -0.2) is 9.97 Å². The van der Waals surface area contributed by atoms with Gasteiger partial charge in [0.15, 0.2) is 0 Å². The van der Waals surface area contributed by atoms with E-state index in [0.717, 1.165) is 95.2 Å². The molecule has 72 heavy (non-hydrogen) atoms. The fourth-order valence-corrected chi connectivity index (χ4v) is 10.3. The molecule has 0 saturated heterocycles. The molecule has 4 heteroatoms. The van der Waals surface area contributed by atoms with Crippen LogP contribution in [0.5, 0.6) is 0 Å². The molecule has 13 aromatic rings. The van der Waals surface area contributed by atoms with Crippen LogP contribution in [0.3, 0.4) is 0 Å². The van der Waals surface area contributed by atoms with Gasteiger partial charge in [-0.2, -0.15) is 0 Å². The minimum atomic E-state index is 0.817. The summed E-state index contributed by atoms with van der Waals surface area (Å²) < 4.78 is 2.36. The maximum absolute atomic E-state index is 5.77. The second-order valence-electron chi connectivity index (χ2n) is 18.1. The zero-order chi connectivity index (χ0) is 47.8. The van der Waals surface area contributed by atoms with Crippen LogP contribution in [0.2, 0.25) is 0 Å². The molecule has 0 unspecified atom stereocenters. The largest absolute Gasteiger partial charge is 0.310 e. The van der Waals surface area contributed by atoms with Crippen molar-refractivity contribution in [3.63, 3.8) is 0 Å². The zero-order valence-corrected chi connectivity index (χ0v) is 39.3. The SMILES string of the molecule is c1ccc(-c2cccc(-c3ccc(-c4cccc(-c5ccccc5)c4)c4nc(-c5ccc(N(c6ccccc6)c6ccc7c(c6)c6ccccc6n7-c6ccccc6)cc5)c(-c5ccccc5)nc34)c2)cc1. The van der Waals surface area contributed by atoms with E-state index in [-0.39, 0.29) is 0 Å². The van der Waals surface area contributed by atoms with Crippen LogP contribution in [0, 0.1) is 0 Å². The first kappa shape index (κ1) is 42.5. The van der Waals surface area contributed by atoms with E-state index in [1.807, 2.05) is 0 Å². The lowest BCUT2D eigenvalue weighted by Crippen LogP contribution is -2.09. The van der Waals surface area contributed by atoms with Crippen LogP contribution < -0.4 is 4.90 Å². The highest BCUT2D eigenvalue weighted by Gasteiger charge is 2.22. The fourth-order valence-electron chi connectivity index (χ4n) is 10.3. The van der Waals surface area contributed by atoms with Crippen LogP contribution in [-0.4, -0.2) is 14.5 Å². The van der Waals surface area contributed by atoms with Gasteiger partial charge in [0.1, 0.15) is 0 Å². The Bertz CT molecular complexity index is 4060. The molecule has 4 nitrogen and oxygen atoms in total. The van der Waals surface area contributed by atoms with Gasteiger partial charge in [-0.1, -0.05) is 206 Å². The third-order valence-corrected chi connectivity index (χ3v) is 13.8. The first-order chi connectivity index (χ1) is 35.7. The summed E-state index contributed by atoms with van der Waals surface area (Å²) in [4.78, 5) is 13.8. The van der Waals surface area contributed by atoms with E-state index in [9.17, 15) is 0 Å². The van der Waals surface area contributed by atoms with Crippen molar-refractivity contribution < 1.29 is 0 Å². The molecular formula is C68H46N4. The molecule has 0 atom stereocenters. The molecule has 2 aromatic heterocycles. The number of hydrogen-bond donors (Lipinski definition) is 0. The Morgan fingerprint density at radius 3 is 1.25 bits per heavy atom. The second kappa shape index (κ2) is 18.4. The van der Waals surface area contributed by atoms with Crippen LogP contribution in [-0.2, 0) is 0 Å². The van der Waals surface area contributed by atoms with Crippen molar-refractivity contribution in [2.75, 3.05) is 4.90 Å². The summed E-state index contributed by atoms with van der Waals surface area (Å²) in [5, 5.41) is 2.41. The number of nitrogens with zero attached hydrogens (tertiary/aromatic N) is 4. The standard InChI is InChI=1S/C68H46N4/c1-6-20-47(21-7-1)51-26-18-28-53(44-51)59-41-42-60(54-29-19-27-52(45-54)48-22-8-2-9-23-48)68-67(59)69-65(49-24-10-3-11-25-49)66(70-68)50-36-38-57(39-37-50)71(55-30-12-4-13-31-55)58-40-43-64-62(46-58)61-34-16-17-35-63(61)72(64)56-32-14-5-15-33-56/h1-46H. The molecule has 13 rings (SSSR count). The molecule has 0 radical (unpaired) electrons. The normalized spacial score (nSPS) is 11.3. The molecule has 0 saturated carbocycles. The van der Waals surface area contributed by atoms with Crippen LogP contribution in [0.15, 0.2) is 279 Å². The number of hydrogen-bond acceptors (Lipinski definition) is 3. The molecule has 0 bridgehead atoms. The molecule has 2 heterocycles. The van der Waals surface area contributed by atoms with Gasteiger partial charge in [0, 0.05) is 55.8 Å². The Morgan fingerprint density at radius 1 is 0.264 bits per heavy atom. The topological polar surface area (TPSA) is 34.0 Å². The molecule has 0 spiro atoms. The highest BCUT2D eigenvalue weighted by molar-refractivity contribution is 6.11. The van der Waals surface area contributed by atoms with Gasteiger partial charge in [0.2, 0.25) is 0 Å². The minimum absolute atomic E-state index is 0.817. The summed E-state index contributed by atoms with van der Waals surface area (Å²) in [5.74, 6) is 0. The van der Waals surface area contributed by atoms with Gasteiger partial charge < -0.3 is 9.47 Å². The van der Waals surface area contributed by atoms with Gasteiger partial charge in [-0.05, 0) is 106 Å².